The van der Waals surface area contributed by atoms with Crippen LogP contribution in [-0.4, -0.2) is 4.98 Å². The molecular formula is C7H15N. The summed E-state index contributed by atoms with van der Waals surface area (Å²) in [7, 11) is 0. The lowest BCUT2D eigenvalue weighted by atomic mass is 10.4. The third-order valence-electron chi connectivity index (χ3n) is 0.753. The molecule has 0 aliphatic carbocycles. The van der Waals surface area contributed by atoms with Gasteiger partial charge in [-0.1, -0.05) is 13.8 Å². The van der Waals surface area contributed by atoms with Crippen LogP contribution >= 0.6 is 0 Å². The van der Waals surface area contributed by atoms with Crippen LogP contribution in [0.5, 0.6) is 0 Å². The quantitative estimate of drug-likeness (QED) is 0.532. The van der Waals surface area contributed by atoms with E-state index in [2.05, 4.69) is 11.9 Å². The van der Waals surface area contributed by atoms with E-state index >= 15 is 0 Å². The molecule has 1 rings (SSSR count). The molecule has 0 fully saturated rings. The predicted molar refractivity (Wildman–Crippen MR) is 39.0 cm³/mol. The van der Waals surface area contributed by atoms with Crippen molar-refractivity contribution in [2.45, 2.75) is 20.8 Å². The van der Waals surface area contributed by atoms with Crippen molar-refractivity contribution >= 4 is 0 Å². The van der Waals surface area contributed by atoms with Gasteiger partial charge >= 0.3 is 0 Å². The second kappa shape index (κ2) is 4.44. The molecule has 0 aliphatic rings. The molecule has 0 saturated heterocycles. The highest BCUT2D eigenvalue weighted by molar-refractivity contribution is 5.03. The maximum Gasteiger partial charge on any atom is 0.00345 e. The van der Waals surface area contributed by atoms with Gasteiger partial charge in [0.05, 0.1) is 0 Å². The van der Waals surface area contributed by atoms with Crippen LogP contribution in [0.3, 0.4) is 0 Å². The molecule has 0 unspecified atom stereocenters. The van der Waals surface area contributed by atoms with E-state index in [0.29, 0.717) is 0 Å². The van der Waals surface area contributed by atoms with E-state index in [9.17, 15) is 0 Å². The molecule has 48 valence electrons. The molecule has 0 radical (unpaired) electrons. The minimum Gasteiger partial charge on any atom is -0.367 e. The number of H-pyrrole nitrogens is 1. The van der Waals surface area contributed by atoms with Crippen LogP contribution in [0, 0.1) is 6.92 Å². The molecule has 1 N–H and O–H groups in total. The fourth-order valence-electron chi connectivity index (χ4n) is 0.407. The molecule has 1 aromatic rings. The summed E-state index contributed by atoms with van der Waals surface area (Å²) in [6.45, 7) is 6.05. The van der Waals surface area contributed by atoms with Crippen molar-refractivity contribution in [1.29, 1.82) is 0 Å². The van der Waals surface area contributed by atoms with Gasteiger partial charge in [0.25, 0.3) is 0 Å². The van der Waals surface area contributed by atoms with Crippen LogP contribution in [0.4, 0.5) is 0 Å². The van der Waals surface area contributed by atoms with Crippen LogP contribution in [0.2, 0.25) is 0 Å². The molecule has 1 nitrogen and oxygen atoms in total. The van der Waals surface area contributed by atoms with Crippen molar-refractivity contribution in [2.75, 3.05) is 0 Å². The lowest BCUT2D eigenvalue weighted by Crippen LogP contribution is -1.50. The van der Waals surface area contributed by atoms with Crippen LogP contribution in [0.15, 0.2) is 18.5 Å². The van der Waals surface area contributed by atoms with Gasteiger partial charge in [-0.05, 0) is 18.6 Å². The van der Waals surface area contributed by atoms with Crippen LogP contribution in [0.25, 0.3) is 0 Å². The Balaban J connectivity index is 0. The first kappa shape index (κ1) is 7.28. The van der Waals surface area contributed by atoms with Crippen molar-refractivity contribution in [1.82, 2.24) is 4.98 Å². The summed E-state index contributed by atoms with van der Waals surface area (Å²) in [6.07, 6.45) is 3.87. The summed E-state index contributed by atoms with van der Waals surface area (Å²) < 4.78 is 0. The minimum absolute atomic E-state index is 0. The summed E-state index contributed by atoms with van der Waals surface area (Å²) in [6, 6.07) is 2.03. The van der Waals surface area contributed by atoms with E-state index in [4.69, 9.17) is 0 Å². The highest BCUT2D eigenvalue weighted by atomic mass is 14.6. The summed E-state index contributed by atoms with van der Waals surface area (Å²) in [5.74, 6) is 0. The fraction of sp³-hybridized carbons (Fsp3) is 0.429. The number of hydrogen-bond donors (Lipinski definition) is 1. The molecule has 1 aromatic heterocycles. The van der Waals surface area contributed by atoms with Gasteiger partial charge in [0, 0.05) is 13.8 Å². The maximum atomic E-state index is 2.93. The largest absolute Gasteiger partial charge is 0.367 e. The number of hydrogen-bond acceptors (Lipinski definition) is 0. The smallest absolute Gasteiger partial charge is 0.00345 e. The van der Waals surface area contributed by atoms with Crippen molar-refractivity contribution in [3.8, 4) is 0 Å². The van der Waals surface area contributed by atoms with Gasteiger partial charge in [0.1, 0.15) is 0 Å². The number of aromatic amines is 1. The van der Waals surface area contributed by atoms with E-state index in [1.807, 2.05) is 32.3 Å². The molecule has 1 heterocycles. The zero-order valence-corrected chi connectivity index (χ0v) is 5.73. The van der Waals surface area contributed by atoms with E-state index < -0.39 is 0 Å². The summed E-state index contributed by atoms with van der Waals surface area (Å²) in [5.41, 5.74) is 1.29. The summed E-state index contributed by atoms with van der Waals surface area (Å²) in [4.78, 5) is 2.93. The second-order valence-electron chi connectivity index (χ2n) is 1.39. The first-order valence-electron chi connectivity index (χ1n) is 2.99. The van der Waals surface area contributed by atoms with Crippen LogP contribution < -0.4 is 0 Å². The normalized spacial score (nSPS) is 7.38. The monoisotopic (exact) mass is 113 g/mol. The zero-order chi connectivity index (χ0) is 6.41. The fourth-order valence-corrected chi connectivity index (χ4v) is 0.407. The third kappa shape index (κ3) is 2.45. The van der Waals surface area contributed by atoms with Gasteiger partial charge in [0.15, 0.2) is 0 Å². The zero-order valence-electron chi connectivity index (χ0n) is 5.73. The van der Waals surface area contributed by atoms with Crippen molar-refractivity contribution < 1.29 is 1.43 Å². The van der Waals surface area contributed by atoms with Crippen molar-refractivity contribution in [3.63, 3.8) is 0 Å². The van der Waals surface area contributed by atoms with Gasteiger partial charge in [0.2, 0.25) is 0 Å². The van der Waals surface area contributed by atoms with Crippen molar-refractivity contribution in [2.24, 2.45) is 0 Å². The highest BCUT2D eigenvalue weighted by Crippen LogP contribution is 1.88. The van der Waals surface area contributed by atoms with E-state index in [1.165, 1.54) is 5.56 Å². The molecule has 0 amide bonds. The Morgan fingerprint density at radius 3 is 2.25 bits per heavy atom. The average molecular weight is 113 g/mol. The van der Waals surface area contributed by atoms with Crippen molar-refractivity contribution in [3.05, 3.63) is 24.0 Å². The topological polar surface area (TPSA) is 15.8 Å². The summed E-state index contributed by atoms with van der Waals surface area (Å²) >= 11 is 0. The average Bonchev–Trinajstić information content (AvgIpc) is 2.24. The van der Waals surface area contributed by atoms with E-state index in [1.54, 1.807) is 0 Å². The van der Waals surface area contributed by atoms with Gasteiger partial charge in [-0.15, -0.1) is 0 Å². The molecule has 1 heteroatoms. The van der Waals surface area contributed by atoms with Gasteiger partial charge < -0.3 is 4.98 Å². The molecule has 0 aromatic carbocycles. The van der Waals surface area contributed by atoms with Gasteiger partial charge in [-0.25, -0.2) is 0 Å². The molecule has 0 aliphatic heterocycles. The standard InChI is InChI=1S/C5H7N.C2H6.H2/c1-5-2-3-6-4-5;1-2;/h2-4,6H,1H3;1-2H3;1H. The Labute approximate surface area is 52.2 Å². The Morgan fingerprint density at radius 1 is 1.50 bits per heavy atom. The second-order valence-corrected chi connectivity index (χ2v) is 1.39. The molecule has 0 atom stereocenters. The first-order chi connectivity index (χ1) is 3.89. The highest BCUT2D eigenvalue weighted by Gasteiger charge is 1.73. The Kier molecular flexibility index (Phi) is 4.04. The lowest BCUT2D eigenvalue weighted by molar-refractivity contribution is 1.39. The lowest BCUT2D eigenvalue weighted by Gasteiger charge is -1.65. The Bertz CT molecular complexity index is 112. The number of nitrogens with one attached hydrogen (secondary N) is 1. The van der Waals surface area contributed by atoms with Gasteiger partial charge in [-0.2, -0.15) is 0 Å². The van der Waals surface area contributed by atoms with Crippen LogP contribution in [-0.2, 0) is 0 Å². The molecule has 0 saturated carbocycles. The van der Waals surface area contributed by atoms with Gasteiger partial charge in [-0.3, -0.25) is 0 Å². The molecular weight excluding hydrogens is 98.1 g/mol. The maximum absolute atomic E-state index is 2.93. The molecule has 8 heavy (non-hydrogen) atoms. The third-order valence-corrected chi connectivity index (χ3v) is 0.753. The predicted octanol–water partition coefficient (Wildman–Crippen LogP) is 2.60. The number of aryl methyl sites for hydroxylation is 1. The van der Waals surface area contributed by atoms with Crippen LogP contribution in [0.1, 0.15) is 20.8 Å². The number of aromatic nitrogens is 1. The Hall–Kier alpha value is -0.720. The summed E-state index contributed by atoms with van der Waals surface area (Å²) in [5, 5.41) is 0. The SMILES string of the molecule is CC.Cc1cc[nH]c1.[HH]. The first-order valence-corrected chi connectivity index (χ1v) is 2.99. The Morgan fingerprint density at radius 2 is 2.12 bits per heavy atom. The van der Waals surface area contributed by atoms with E-state index in [0.717, 1.165) is 0 Å². The number of rotatable bonds is 0. The minimum atomic E-state index is 0. The van der Waals surface area contributed by atoms with E-state index in [-0.39, 0.29) is 1.43 Å². The molecule has 0 bridgehead atoms. The molecule has 0 spiro atoms.